The molecule has 1 aromatic carbocycles. The van der Waals surface area contributed by atoms with Crippen LogP contribution in [0.4, 0.5) is 5.69 Å². The minimum Gasteiger partial charge on any atom is -0.478 e. The first kappa shape index (κ1) is 12.3. The van der Waals surface area contributed by atoms with E-state index in [4.69, 9.17) is 5.11 Å². The molecular weight excluding hydrogens is 202 g/mol. The SMILES string of the molecule is CCN(C/C=C/C(=O)O)c1ccc(C)cc1. The Morgan fingerprint density at radius 2 is 2.00 bits per heavy atom. The molecular formula is C13H17NO2. The molecule has 0 amide bonds. The van der Waals surface area contributed by atoms with Crippen LogP contribution in [-0.4, -0.2) is 24.2 Å². The number of nitrogens with zero attached hydrogens (tertiary/aromatic N) is 1. The minimum atomic E-state index is -0.903. The normalized spacial score (nSPS) is 10.6. The molecule has 0 aliphatic carbocycles. The lowest BCUT2D eigenvalue weighted by Gasteiger charge is -2.21. The molecule has 86 valence electrons. The molecule has 3 nitrogen and oxygen atoms in total. The van der Waals surface area contributed by atoms with Gasteiger partial charge in [0.25, 0.3) is 0 Å². The van der Waals surface area contributed by atoms with Crippen molar-refractivity contribution in [1.82, 2.24) is 0 Å². The highest BCUT2D eigenvalue weighted by Crippen LogP contribution is 2.14. The highest BCUT2D eigenvalue weighted by molar-refractivity contribution is 5.79. The molecule has 0 saturated carbocycles. The van der Waals surface area contributed by atoms with Crippen LogP contribution in [0.3, 0.4) is 0 Å². The van der Waals surface area contributed by atoms with Crippen LogP contribution in [0, 0.1) is 6.92 Å². The lowest BCUT2D eigenvalue weighted by Crippen LogP contribution is -2.22. The topological polar surface area (TPSA) is 40.5 Å². The zero-order chi connectivity index (χ0) is 12.0. The number of aliphatic carboxylic acids is 1. The number of anilines is 1. The molecule has 0 bridgehead atoms. The van der Waals surface area contributed by atoms with Gasteiger partial charge in [0.05, 0.1) is 0 Å². The maximum absolute atomic E-state index is 10.3. The van der Waals surface area contributed by atoms with Crippen molar-refractivity contribution in [3.63, 3.8) is 0 Å². The first-order valence-electron chi connectivity index (χ1n) is 5.34. The molecule has 0 aliphatic rings. The summed E-state index contributed by atoms with van der Waals surface area (Å²) in [6.07, 6.45) is 2.84. The number of hydrogen-bond donors (Lipinski definition) is 1. The van der Waals surface area contributed by atoms with Crippen LogP contribution in [0.15, 0.2) is 36.4 Å². The molecule has 0 atom stereocenters. The predicted octanol–water partition coefficient (Wildman–Crippen LogP) is 2.46. The average molecular weight is 219 g/mol. The van der Waals surface area contributed by atoms with Crippen molar-refractivity contribution in [2.24, 2.45) is 0 Å². The highest BCUT2D eigenvalue weighted by Gasteiger charge is 2.01. The summed E-state index contributed by atoms with van der Waals surface area (Å²) >= 11 is 0. The maximum atomic E-state index is 10.3. The summed E-state index contributed by atoms with van der Waals surface area (Å²) in [7, 11) is 0. The Balaban J connectivity index is 2.67. The van der Waals surface area contributed by atoms with E-state index in [0.29, 0.717) is 6.54 Å². The standard InChI is InChI=1S/C13H17NO2/c1-3-14(10-4-5-13(15)16)12-8-6-11(2)7-9-12/h4-9H,3,10H2,1-2H3,(H,15,16)/b5-4+. The number of carboxylic acid groups (broad SMARTS) is 1. The lowest BCUT2D eigenvalue weighted by molar-refractivity contribution is -0.131. The van der Waals surface area contributed by atoms with Crippen molar-refractivity contribution in [2.45, 2.75) is 13.8 Å². The number of rotatable bonds is 5. The van der Waals surface area contributed by atoms with E-state index in [0.717, 1.165) is 12.2 Å². The Labute approximate surface area is 96.0 Å². The van der Waals surface area contributed by atoms with Crippen LogP contribution in [-0.2, 0) is 4.79 Å². The molecule has 0 fully saturated rings. The summed E-state index contributed by atoms with van der Waals surface area (Å²) < 4.78 is 0. The third kappa shape index (κ3) is 3.77. The van der Waals surface area contributed by atoms with Crippen molar-refractivity contribution in [3.8, 4) is 0 Å². The van der Waals surface area contributed by atoms with Crippen LogP contribution in [0.25, 0.3) is 0 Å². The summed E-state index contributed by atoms with van der Waals surface area (Å²) in [6, 6.07) is 8.21. The van der Waals surface area contributed by atoms with Crippen molar-refractivity contribution in [1.29, 1.82) is 0 Å². The molecule has 0 heterocycles. The number of likely N-dealkylation sites (N-methyl/N-ethyl adjacent to an activating group) is 1. The Hall–Kier alpha value is -1.77. The third-order valence-electron chi connectivity index (χ3n) is 2.37. The molecule has 0 radical (unpaired) electrons. The molecule has 0 saturated heterocycles. The largest absolute Gasteiger partial charge is 0.478 e. The second-order valence-corrected chi connectivity index (χ2v) is 3.61. The van der Waals surface area contributed by atoms with Gasteiger partial charge in [-0.05, 0) is 26.0 Å². The number of aryl methyl sites for hydroxylation is 1. The number of benzene rings is 1. The first-order chi connectivity index (χ1) is 7.63. The van der Waals surface area contributed by atoms with Gasteiger partial charge in [-0.15, -0.1) is 0 Å². The summed E-state index contributed by atoms with van der Waals surface area (Å²) in [5, 5.41) is 8.50. The summed E-state index contributed by atoms with van der Waals surface area (Å²) in [6.45, 7) is 5.57. The molecule has 1 N–H and O–H groups in total. The smallest absolute Gasteiger partial charge is 0.328 e. The van der Waals surface area contributed by atoms with Gasteiger partial charge in [0, 0.05) is 24.9 Å². The monoisotopic (exact) mass is 219 g/mol. The first-order valence-corrected chi connectivity index (χ1v) is 5.34. The van der Waals surface area contributed by atoms with Crippen molar-refractivity contribution in [2.75, 3.05) is 18.0 Å². The van der Waals surface area contributed by atoms with E-state index in [1.807, 2.05) is 19.1 Å². The van der Waals surface area contributed by atoms with Crippen molar-refractivity contribution < 1.29 is 9.90 Å². The predicted molar refractivity (Wildman–Crippen MR) is 65.8 cm³/mol. The van der Waals surface area contributed by atoms with Gasteiger partial charge in [0.1, 0.15) is 0 Å². The Morgan fingerprint density at radius 3 is 2.50 bits per heavy atom. The van der Waals surface area contributed by atoms with Gasteiger partial charge in [-0.3, -0.25) is 0 Å². The van der Waals surface area contributed by atoms with Gasteiger partial charge in [-0.2, -0.15) is 0 Å². The van der Waals surface area contributed by atoms with Crippen LogP contribution in [0.2, 0.25) is 0 Å². The van der Waals surface area contributed by atoms with E-state index >= 15 is 0 Å². The number of carbonyl (C=O) groups is 1. The van der Waals surface area contributed by atoms with Gasteiger partial charge in [0.2, 0.25) is 0 Å². The van der Waals surface area contributed by atoms with Gasteiger partial charge in [-0.1, -0.05) is 23.8 Å². The Morgan fingerprint density at radius 1 is 1.38 bits per heavy atom. The summed E-state index contributed by atoms with van der Waals surface area (Å²) in [4.78, 5) is 12.5. The van der Waals surface area contributed by atoms with Crippen LogP contribution in [0.5, 0.6) is 0 Å². The second-order valence-electron chi connectivity index (χ2n) is 3.61. The highest BCUT2D eigenvalue weighted by atomic mass is 16.4. The second kappa shape index (κ2) is 5.95. The molecule has 0 aromatic heterocycles. The van der Waals surface area contributed by atoms with Crippen molar-refractivity contribution in [3.05, 3.63) is 42.0 Å². The minimum absolute atomic E-state index is 0.617. The molecule has 1 rings (SSSR count). The lowest BCUT2D eigenvalue weighted by atomic mass is 10.2. The van der Waals surface area contributed by atoms with E-state index in [-0.39, 0.29) is 0 Å². The van der Waals surface area contributed by atoms with Crippen LogP contribution >= 0.6 is 0 Å². The van der Waals surface area contributed by atoms with E-state index in [9.17, 15) is 4.79 Å². The molecule has 0 aliphatic heterocycles. The molecule has 0 unspecified atom stereocenters. The average Bonchev–Trinajstić information content (AvgIpc) is 2.26. The van der Waals surface area contributed by atoms with E-state index in [2.05, 4.69) is 24.0 Å². The summed E-state index contributed by atoms with van der Waals surface area (Å²) in [5.41, 5.74) is 2.34. The summed E-state index contributed by atoms with van der Waals surface area (Å²) in [5.74, 6) is -0.903. The quantitative estimate of drug-likeness (QED) is 0.773. The number of carboxylic acids is 1. The molecule has 0 spiro atoms. The fraction of sp³-hybridized carbons (Fsp3) is 0.308. The fourth-order valence-corrected chi connectivity index (χ4v) is 1.45. The van der Waals surface area contributed by atoms with Gasteiger partial charge >= 0.3 is 5.97 Å². The van der Waals surface area contributed by atoms with E-state index in [1.54, 1.807) is 6.08 Å². The van der Waals surface area contributed by atoms with E-state index < -0.39 is 5.97 Å². The zero-order valence-corrected chi connectivity index (χ0v) is 9.68. The van der Waals surface area contributed by atoms with Crippen LogP contribution in [0.1, 0.15) is 12.5 Å². The van der Waals surface area contributed by atoms with Gasteiger partial charge < -0.3 is 10.0 Å². The van der Waals surface area contributed by atoms with Gasteiger partial charge in [0.15, 0.2) is 0 Å². The van der Waals surface area contributed by atoms with E-state index in [1.165, 1.54) is 11.6 Å². The molecule has 3 heteroatoms. The fourth-order valence-electron chi connectivity index (χ4n) is 1.45. The Bertz CT molecular complexity index is 368. The van der Waals surface area contributed by atoms with Crippen LogP contribution < -0.4 is 4.90 Å². The molecule has 16 heavy (non-hydrogen) atoms. The van der Waals surface area contributed by atoms with Crippen molar-refractivity contribution >= 4 is 11.7 Å². The zero-order valence-electron chi connectivity index (χ0n) is 9.68. The number of hydrogen-bond acceptors (Lipinski definition) is 2. The third-order valence-corrected chi connectivity index (χ3v) is 2.37. The molecule has 1 aromatic rings. The maximum Gasteiger partial charge on any atom is 0.328 e. The Kier molecular flexibility index (Phi) is 4.58. The van der Waals surface area contributed by atoms with Gasteiger partial charge in [-0.25, -0.2) is 4.79 Å².